The van der Waals surface area contributed by atoms with Crippen LogP contribution in [0.15, 0.2) is 24.3 Å². The van der Waals surface area contributed by atoms with Crippen LogP contribution >= 0.6 is 0 Å². The van der Waals surface area contributed by atoms with Gasteiger partial charge in [0.2, 0.25) is 5.91 Å². The van der Waals surface area contributed by atoms with Crippen LogP contribution in [-0.2, 0) is 9.53 Å². The van der Waals surface area contributed by atoms with Gasteiger partial charge in [0.05, 0.1) is 12.3 Å². The maximum Gasteiger partial charge on any atom is 0.221 e. The molecule has 0 radical (unpaired) electrons. The van der Waals surface area contributed by atoms with Gasteiger partial charge in [-0.25, -0.2) is 0 Å². The van der Waals surface area contributed by atoms with Crippen molar-refractivity contribution in [2.75, 3.05) is 25.6 Å². The van der Waals surface area contributed by atoms with Crippen LogP contribution < -0.4 is 10.1 Å². The topological polar surface area (TPSA) is 47.6 Å². The second-order valence-corrected chi connectivity index (χ2v) is 3.02. The normalized spacial score (nSPS) is 9.73. The van der Waals surface area contributed by atoms with E-state index in [-0.39, 0.29) is 5.91 Å². The number of amides is 1. The van der Waals surface area contributed by atoms with Crippen LogP contribution in [-0.4, -0.2) is 26.2 Å². The minimum atomic E-state index is -0.113. The van der Waals surface area contributed by atoms with Gasteiger partial charge in [0.1, 0.15) is 12.4 Å². The third-order valence-corrected chi connectivity index (χ3v) is 1.74. The number of anilines is 1. The number of carbonyl (C=O) groups is 1. The van der Waals surface area contributed by atoms with E-state index >= 15 is 0 Å². The van der Waals surface area contributed by atoms with Gasteiger partial charge in [0.15, 0.2) is 0 Å². The van der Waals surface area contributed by atoms with Gasteiger partial charge in [-0.3, -0.25) is 4.79 Å². The summed E-state index contributed by atoms with van der Waals surface area (Å²) in [6.45, 7) is 2.45. The molecular weight excluding hydrogens is 194 g/mol. The SMILES string of the molecule is COCCOc1ccccc1NC(C)=O. The van der Waals surface area contributed by atoms with Crippen LogP contribution in [0, 0.1) is 0 Å². The monoisotopic (exact) mass is 209 g/mol. The summed E-state index contributed by atoms with van der Waals surface area (Å²) >= 11 is 0. The summed E-state index contributed by atoms with van der Waals surface area (Å²) in [5.74, 6) is 0.544. The predicted molar refractivity (Wildman–Crippen MR) is 58.1 cm³/mol. The lowest BCUT2D eigenvalue weighted by Crippen LogP contribution is -2.10. The molecule has 1 aromatic rings. The highest BCUT2D eigenvalue weighted by atomic mass is 16.5. The molecule has 0 aliphatic heterocycles. The third-order valence-electron chi connectivity index (χ3n) is 1.74. The van der Waals surface area contributed by atoms with Crippen LogP contribution in [0.5, 0.6) is 5.75 Å². The van der Waals surface area contributed by atoms with E-state index in [2.05, 4.69) is 5.32 Å². The highest BCUT2D eigenvalue weighted by Gasteiger charge is 2.03. The minimum Gasteiger partial charge on any atom is -0.489 e. The summed E-state index contributed by atoms with van der Waals surface area (Å²) in [5.41, 5.74) is 0.682. The Balaban J connectivity index is 2.64. The number of ether oxygens (including phenoxy) is 2. The molecule has 0 aliphatic rings. The molecule has 0 aromatic heterocycles. The highest BCUT2D eigenvalue weighted by Crippen LogP contribution is 2.23. The van der Waals surface area contributed by atoms with E-state index in [4.69, 9.17) is 9.47 Å². The summed E-state index contributed by atoms with van der Waals surface area (Å²) in [4.78, 5) is 10.9. The minimum absolute atomic E-state index is 0.113. The number of nitrogens with one attached hydrogen (secondary N) is 1. The third kappa shape index (κ3) is 3.99. The lowest BCUT2D eigenvalue weighted by molar-refractivity contribution is -0.114. The Morgan fingerprint density at radius 3 is 2.73 bits per heavy atom. The van der Waals surface area contributed by atoms with E-state index in [1.165, 1.54) is 6.92 Å². The van der Waals surface area contributed by atoms with Crippen LogP contribution in [0.3, 0.4) is 0 Å². The molecule has 15 heavy (non-hydrogen) atoms. The molecule has 0 unspecified atom stereocenters. The smallest absolute Gasteiger partial charge is 0.221 e. The average Bonchev–Trinajstić information content (AvgIpc) is 2.20. The lowest BCUT2D eigenvalue weighted by atomic mass is 10.3. The summed E-state index contributed by atoms with van der Waals surface area (Å²) in [7, 11) is 1.61. The Morgan fingerprint density at radius 2 is 2.07 bits per heavy atom. The Labute approximate surface area is 89.2 Å². The predicted octanol–water partition coefficient (Wildman–Crippen LogP) is 1.67. The first kappa shape index (κ1) is 11.5. The van der Waals surface area contributed by atoms with Crippen LogP contribution in [0.1, 0.15) is 6.92 Å². The Hall–Kier alpha value is -1.55. The second kappa shape index (κ2) is 6.03. The van der Waals surface area contributed by atoms with E-state index in [1.54, 1.807) is 19.2 Å². The van der Waals surface area contributed by atoms with Crippen LogP contribution in [0.4, 0.5) is 5.69 Å². The molecular formula is C11H15NO3. The van der Waals surface area contributed by atoms with E-state index in [0.29, 0.717) is 24.7 Å². The quantitative estimate of drug-likeness (QED) is 0.750. The van der Waals surface area contributed by atoms with Crippen molar-refractivity contribution in [3.8, 4) is 5.75 Å². The van der Waals surface area contributed by atoms with Crippen LogP contribution in [0.2, 0.25) is 0 Å². The van der Waals surface area contributed by atoms with Gasteiger partial charge in [0.25, 0.3) is 0 Å². The van der Waals surface area contributed by atoms with Crippen molar-refractivity contribution >= 4 is 11.6 Å². The molecule has 4 nitrogen and oxygen atoms in total. The fourth-order valence-electron chi connectivity index (χ4n) is 1.12. The molecule has 4 heteroatoms. The molecule has 1 N–H and O–H groups in total. The molecule has 0 bridgehead atoms. The standard InChI is InChI=1S/C11H15NO3/c1-9(13)12-10-5-3-4-6-11(10)15-8-7-14-2/h3-6H,7-8H2,1-2H3,(H,12,13). The molecule has 82 valence electrons. The zero-order valence-corrected chi connectivity index (χ0v) is 8.95. The van der Waals surface area contributed by atoms with Crippen molar-refractivity contribution < 1.29 is 14.3 Å². The van der Waals surface area contributed by atoms with Crippen molar-refractivity contribution in [1.29, 1.82) is 0 Å². The summed E-state index contributed by atoms with van der Waals surface area (Å²) < 4.78 is 10.3. The molecule has 0 fully saturated rings. The van der Waals surface area contributed by atoms with Crippen molar-refractivity contribution in [3.63, 3.8) is 0 Å². The number of rotatable bonds is 5. The molecule has 1 amide bonds. The highest BCUT2D eigenvalue weighted by molar-refractivity contribution is 5.90. The van der Waals surface area contributed by atoms with Gasteiger partial charge in [-0.05, 0) is 12.1 Å². The first-order valence-corrected chi connectivity index (χ1v) is 4.72. The first-order chi connectivity index (χ1) is 7.24. The molecule has 1 aromatic carbocycles. The molecule has 0 heterocycles. The van der Waals surface area contributed by atoms with Gasteiger partial charge in [-0.15, -0.1) is 0 Å². The maximum atomic E-state index is 10.9. The molecule has 1 rings (SSSR count). The van der Waals surface area contributed by atoms with E-state index < -0.39 is 0 Å². The summed E-state index contributed by atoms with van der Waals surface area (Å²) in [5, 5.41) is 2.70. The van der Waals surface area contributed by atoms with Gasteiger partial charge in [0, 0.05) is 14.0 Å². The van der Waals surface area contributed by atoms with Gasteiger partial charge < -0.3 is 14.8 Å². The first-order valence-electron chi connectivity index (χ1n) is 4.72. The number of para-hydroxylation sites is 2. The number of benzene rings is 1. The molecule has 0 spiro atoms. The zero-order valence-electron chi connectivity index (χ0n) is 8.95. The Kier molecular flexibility index (Phi) is 4.63. The Morgan fingerprint density at radius 1 is 1.33 bits per heavy atom. The molecule has 0 atom stereocenters. The van der Waals surface area contributed by atoms with Gasteiger partial charge in [-0.1, -0.05) is 12.1 Å². The van der Waals surface area contributed by atoms with Gasteiger partial charge >= 0.3 is 0 Å². The van der Waals surface area contributed by atoms with Crippen molar-refractivity contribution in [2.24, 2.45) is 0 Å². The molecule has 0 aliphatic carbocycles. The number of methoxy groups -OCH3 is 1. The fraction of sp³-hybridized carbons (Fsp3) is 0.364. The van der Waals surface area contributed by atoms with Crippen molar-refractivity contribution in [2.45, 2.75) is 6.92 Å². The molecule has 0 saturated heterocycles. The van der Waals surface area contributed by atoms with Crippen LogP contribution in [0.25, 0.3) is 0 Å². The van der Waals surface area contributed by atoms with Crippen molar-refractivity contribution in [1.82, 2.24) is 0 Å². The van der Waals surface area contributed by atoms with E-state index in [1.807, 2.05) is 12.1 Å². The zero-order chi connectivity index (χ0) is 11.1. The van der Waals surface area contributed by atoms with E-state index in [9.17, 15) is 4.79 Å². The average molecular weight is 209 g/mol. The maximum absolute atomic E-state index is 10.9. The van der Waals surface area contributed by atoms with Gasteiger partial charge in [-0.2, -0.15) is 0 Å². The summed E-state index contributed by atoms with van der Waals surface area (Å²) in [6, 6.07) is 7.30. The van der Waals surface area contributed by atoms with Crippen molar-refractivity contribution in [3.05, 3.63) is 24.3 Å². The number of hydrogen-bond acceptors (Lipinski definition) is 3. The summed E-state index contributed by atoms with van der Waals surface area (Å²) in [6.07, 6.45) is 0. The lowest BCUT2D eigenvalue weighted by Gasteiger charge is -2.10. The van der Waals surface area contributed by atoms with E-state index in [0.717, 1.165) is 0 Å². The number of hydrogen-bond donors (Lipinski definition) is 1. The fourth-order valence-corrected chi connectivity index (χ4v) is 1.12. The Bertz CT molecular complexity index is 325. The largest absolute Gasteiger partial charge is 0.489 e. The number of carbonyl (C=O) groups excluding carboxylic acids is 1. The molecule has 0 saturated carbocycles. The second-order valence-electron chi connectivity index (χ2n) is 3.02.